The van der Waals surface area contributed by atoms with Crippen molar-refractivity contribution in [1.82, 2.24) is 10.9 Å². The summed E-state index contributed by atoms with van der Waals surface area (Å²) in [5, 5.41) is 0. The molecule has 0 atom stereocenters. The van der Waals surface area contributed by atoms with Crippen molar-refractivity contribution in [3.05, 3.63) is 58.7 Å². The van der Waals surface area contributed by atoms with E-state index in [0.717, 1.165) is 22.3 Å². The fourth-order valence-electron chi connectivity index (χ4n) is 2.48. The van der Waals surface area contributed by atoms with Crippen LogP contribution in [0.1, 0.15) is 22.3 Å². The van der Waals surface area contributed by atoms with Crippen molar-refractivity contribution >= 4 is 11.8 Å². The molecule has 0 aliphatic rings. The Morgan fingerprint density at radius 3 is 1.96 bits per heavy atom. The average molecular weight is 356 g/mol. The molecule has 2 aromatic rings. The van der Waals surface area contributed by atoms with E-state index in [9.17, 15) is 9.59 Å². The highest BCUT2D eigenvalue weighted by atomic mass is 16.5. The first-order chi connectivity index (χ1) is 12.4. The number of carbonyl (C=O) groups excluding carboxylic acids is 2. The summed E-state index contributed by atoms with van der Waals surface area (Å²) in [6, 6.07) is 11.4. The number of hydrazine groups is 1. The highest BCUT2D eigenvalue weighted by Gasteiger charge is 2.09. The van der Waals surface area contributed by atoms with Gasteiger partial charge >= 0.3 is 0 Å². The molecule has 2 N–H and O–H groups in total. The van der Waals surface area contributed by atoms with E-state index >= 15 is 0 Å². The molecule has 0 aliphatic heterocycles. The zero-order valence-corrected chi connectivity index (χ0v) is 15.5. The summed E-state index contributed by atoms with van der Waals surface area (Å²) in [4.78, 5) is 23.6. The second-order valence-corrected chi connectivity index (χ2v) is 6.16. The van der Waals surface area contributed by atoms with Gasteiger partial charge in [0, 0.05) is 0 Å². The smallest absolute Gasteiger partial charge is 0.276 e. The summed E-state index contributed by atoms with van der Waals surface area (Å²) in [6.45, 7) is 7.33. The number of amides is 2. The molecule has 6 nitrogen and oxygen atoms in total. The van der Waals surface area contributed by atoms with Crippen LogP contribution in [0.2, 0.25) is 0 Å². The quantitative estimate of drug-likeness (QED) is 0.780. The van der Waals surface area contributed by atoms with Crippen LogP contribution in [0, 0.1) is 27.7 Å². The number of aryl methyl sites for hydroxylation is 4. The van der Waals surface area contributed by atoms with Crippen LogP contribution in [-0.4, -0.2) is 25.0 Å². The summed E-state index contributed by atoms with van der Waals surface area (Å²) in [7, 11) is 0. The van der Waals surface area contributed by atoms with Crippen molar-refractivity contribution in [3.8, 4) is 11.5 Å². The first-order valence-corrected chi connectivity index (χ1v) is 8.33. The molecule has 0 unspecified atom stereocenters. The van der Waals surface area contributed by atoms with Crippen LogP contribution in [0.15, 0.2) is 36.4 Å². The summed E-state index contributed by atoms with van der Waals surface area (Å²) >= 11 is 0. The molecule has 0 aromatic heterocycles. The van der Waals surface area contributed by atoms with Gasteiger partial charge in [0.15, 0.2) is 13.2 Å². The molecule has 2 rings (SSSR count). The molecule has 2 aromatic carbocycles. The zero-order chi connectivity index (χ0) is 19.1. The molecule has 0 saturated carbocycles. The lowest BCUT2D eigenvalue weighted by atomic mass is 10.1. The molecular formula is C20H24N2O4. The number of ether oxygens (including phenoxy) is 2. The third kappa shape index (κ3) is 5.51. The van der Waals surface area contributed by atoms with Crippen LogP contribution in [0.4, 0.5) is 0 Å². The first kappa shape index (κ1) is 19.3. The second-order valence-electron chi connectivity index (χ2n) is 6.16. The Kier molecular flexibility index (Phi) is 6.60. The third-order valence-corrected chi connectivity index (χ3v) is 3.79. The van der Waals surface area contributed by atoms with Crippen LogP contribution in [0.5, 0.6) is 11.5 Å². The van der Waals surface area contributed by atoms with Gasteiger partial charge in [-0.3, -0.25) is 20.4 Å². The van der Waals surface area contributed by atoms with Gasteiger partial charge in [-0.2, -0.15) is 0 Å². The topological polar surface area (TPSA) is 76.7 Å². The Morgan fingerprint density at radius 1 is 0.808 bits per heavy atom. The number of hydrogen-bond donors (Lipinski definition) is 2. The number of para-hydroxylation sites is 1. The zero-order valence-electron chi connectivity index (χ0n) is 15.5. The van der Waals surface area contributed by atoms with Crippen LogP contribution in [0.25, 0.3) is 0 Å². The van der Waals surface area contributed by atoms with Crippen molar-refractivity contribution in [1.29, 1.82) is 0 Å². The second kappa shape index (κ2) is 8.89. The molecule has 0 spiro atoms. The van der Waals surface area contributed by atoms with Gasteiger partial charge in [-0.25, -0.2) is 0 Å². The van der Waals surface area contributed by atoms with E-state index in [4.69, 9.17) is 9.47 Å². The Labute approximate surface area is 153 Å². The molecule has 0 radical (unpaired) electrons. The average Bonchev–Trinajstić information content (AvgIpc) is 2.58. The van der Waals surface area contributed by atoms with E-state index in [1.165, 1.54) is 0 Å². The Hall–Kier alpha value is -3.02. The monoisotopic (exact) mass is 356 g/mol. The van der Waals surface area contributed by atoms with Gasteiger partial charge in [0.25, 0.3) is 11.8 Å². The van der Waals surface area contributed by atoms with Crippen molar-refractivity contribution in [3.63, 3.8) is 0 Å². The van der Waals surface area contributed by atoms with E-state index in [-0.39, 0.29) is 13.2 Å². The highest BCUT2D eigenvalue weighted by Crippen LogP contribution is 2.22. The van der Waals surface area contributed by atoms with Crippen LogP contribution >= 0.6 is 0 Å². The molecule has 0 heterocycles. The van der Waals surface area contributed by atoms with Crippen LogP contribution in [0.3, 0.4) is 0 Å². The fraction of sp³-hybridized carbons (Fsp3) is 0.300. The van der Waals surface area contributed by atoms with Crippen molar-refractivity contribution in [2.24, 2.45) is 0 Å². The minimum atomic E-state index is -0.453. The molecule has 6 heteroatoms. The largest absolute Gasteiger partial charge is 0.483 e. The molecule has 0 aliphatic carbocycles. The van der Waals surface area contributed by atoms with Crippen molar-refractivity contribution in [2.75, 3.05) is 13.2 Å². The predicted octanol–water partition coefficient (Wildman–Crippen LogP) is 2.53. The maximum atomic E-state index is 11.8. The molecule has 2 amide bonds. The first-order valence-electron chi connectivity index (χ1n) is 8.33. The van der Waals surface area contributed by atoms with E-state index in [1.54, 1.807) is 0 Å². The fourth-order valence-corrected chi connectivity index (χ4v) is 2.48. The number of rotatable bonds is 6. The van der Waals surface area contributed by atoms with Crippen molar-refractivity contribution < 1.29 is 19.1 Å². The van der Waals surface area contributed by atoms with Gasteiger partial charge in [-0.1, -0.05) is 35.9 Å². The molecule has 0 fully saturated rings. The van der Waals surface area contributed by atoms with Crippen molar-refractivity contribution in [2.45, 2.75) is 27.7 Å². The lowest BCUT2D eigenvalue weighted by molar-refractivity contribution is -0.131. The van der Waals surface area contributed by atoms with Gasteiger partial charge in [0.2, 0.25) is 0 Å². The van der Waals surface area contributed by atoms with Gasteiger partial charge in [-0.15, -0.1) is 0 Å². The molecule has 0 saturated heterocycles. The Bertz CT molecular complexity index is 782. The number of benzene rings is 2. The Balaban J connectivity index is 1.74. The van der Waals surface area contributed by atoms with Gasteiger partial charge in [0.1, 0.15) is 11.5 Å². The van der Waals surface area contributed by atoms with Gasteiger partial charge in [0.05, 0.1) is 0 Å². The number of nitrogens with one attached hydrogen (secondary N) is 2. The molecule has 0 bridgehead atoms. The lowest BCUT2D eigenvalue weighted by Gasteiger charge is -2.13. The summed E-state index contributed by atoms with van der Waals surface area (Å²) in [5.41, 5.74) is 8.58. The number of hydrogen-bond acceptors (Lipinski definition) is 4. The minimum Gasteiger partial charge on any atom is -0.483 e. The normalized spacial score (nSPS) is 10.2. The molecular weight excluding hydrogens is 332 g/mol. The maximum Gasteiger partial charge on any atom is 0.276 e. The lowest BCUT2D eigenvalue weighted by Crippen LogP contribution is -2.45. The SMILES string of the molecule is Cc1ccc(OCC(=O)NNC(=O)COc2c(C)cccc2C)c(C)c1. The highest BCUT2D eigenvalue weighted by molar-refractivity contribution is 5.83. The van der Waals surface area contributed by atoms with Gasteiger partial charge in [-0.05, 0) is 50.5 Å². The summed E-state index contributed by atoms with van der Waals surface area (Å²) in [5.74, 6) is 0.403. The van der Waals surface area contributed by atoms with E-state index in [2.05, 4.69) is 10.9 Å². The summed E-state index contributed by atoms with van der Waals surface area (Å²) < 4.78 is 11.0. The molecule has 26 heavy (non-hydrogen) atoms. The predicted molar refractivity (Wildman–Crippen MR) is 99.1 cm³/mol. The molecule has 138 valence electrons. The standard InChI is InChI=1S/C20H24N2O4/c1-13-8-9-17(16(4)10-13)25-11-18(23)21-22-19(24)12-26-20-14(2)6-5-7-15(20)3/h5-10H,11-12H2,1-4H3,(H,21,23)(H,22,24). The van der Waals surface area contributed by atoms with E-state index in [0.29, 0.717) is 11.5 Å². The Morgan fingerprint density at radius 2 is 1.38 bits per heavy atom. The third-order valence-electron chi connectivity index (χ3n) is 3.79. The summed E-state index contributed by atoms with van der Waals surface area (Å²) in [6.07, 6.45) is 0. The maximum absolute atomic E-state index is 11.8. The van der Waals surface area contributed by atoms with Crippen LogP contribution in [-0.2, 0) is 9.59 Å². The minimum absolute atomic E-state index is 0.191. The van der Waals surface area contributed by atoms with E-state index < -0.39 is 11.8 Å². The number of carbonyl (C=O) groups is 2. The van der Waals surface area contributed by atoms with E-state index in [1.807, 2.05) is 64.1 Å². The van der Waals surface area contributed by atoms with Crippen LogP contribution < -0.4 is 20.3 Å². The van der Waals surface area contributed by atoms with Gasteiger partial charge < -0.3 is 9.47 Å².